The summed E-state index contributed by atoms with van der Waals surface area (Å²) in [4.78, 5) is 2.19. The molecule has 0 aromatic heterocycles. The van der Waals surface area contributed by atoms with Crippen LogP contribution in [0.3, 0.4) is 0 Å². The van der Waals surface area contributed by atoms with Crippen LogP contribution in [0.15, 0.2) is 18.2 Å². The van der Waals surface area contributed by atoms with Gasteiger partial charge in [0.05, 0.1) is 0 Å². The molecule has 0 spiro atoms. The maximum Gasteiger partial charge on any atom is 0.0411 e. The van der Waals surface area contributed by atoms with Gasteiger partial charge in [0.1, 0.15) is 0 Å². The third kappa shape index (κ3) is 3.68. The second-order valence-corrected chi connectivity index (χ2v) is 6.91. The molecule has 0 amide bonds. The lowest BCUT2D eigenvalue weighted by molar-refractivity contribution is 0.264. The molecule has 2 nitrogen and oxygen atoms in total. The molecule has 0 radical (unpaired) electrons. The lowest BCUT2D eigenvalue weighted by Gasteiger charge is -2.33. The molecule has 2 atom stereocenters. The number of aryl methyl sites for hydroxylation is 1. The number of rotatable bonds is 4. The van der Waals surface area contributed by atoms with E-state index in [4.69, 9.17) is 0 Å². The number of anilines is 2. The van der Waals surface area contributed by atoms with Crippen molar-refractivity contribution in [3.05, 3.63) is 23.8 Å². The van der Waals surface area contributed by atoms with E-state index in [1.54, 1.807) is 0 Å². The zero-order chi connectivity index (χ0) is 14.7. The zero-order valence-electron chi connectivity index (χ0n) is 13.7. The fourth-order valence-electron chi connectivity index (χ4n) is 3.38. The Bertz CT molecular complexity index is 437. The maximum absolute atomic E-state index is 3.76. The van der Waals surface area contributed by atoms with Crippen LogP contribution in [-0.4, -0.2) is 20.1 Å². The molecule has 1 fully saturated rings. The van der Waals surface area contributed by atoms with E-state index in [1.165, 1.54) is 42.6 Å². The van der Waals surface area contributed by atoms with Crippen LogP contribution in [0.25, 0.3) is 0 Å². The van der Waals surface area contributed by atoms with Crippen molar-refractivity contribution in [1.82, 2.24) is 0 Å². The number of nitrogens with one attached hydrogen (secondary N) is 1. The third-order valence-electron chi connectivity index (χ3n) is 4.72. The molecule has 0 bridgehead atoms. The Labute approximate surface area is 124 Å². The Morgan fingerprint density at radius 3 is 2.60 bits per heavy atom. The van der Waals surface area contributed by atoms with E-state index in [0.717, 1.165) is 11.8 Å². The Hall–Kier alpha value is -1.18. The summed E-state index contributed by atoms with van der Waals surface area (Å²) in [5.74, 6) is 1.70. The van der Waals surface area contributed by atoms with E-state index in [1.807, 2.05) is 0 Å². The second-order valence-electron chi connectivity index (χ2n) is 6.91. The van der Waals surface area contributed by atoms with Gasteiger partial charge in [-0.1, -0.05) is 32.8 Å². The largest absolute Gasteiger partial charge is 0.382 e. The van der Waals surface area contributed by atoms with Crippen molar-refractivity contribution in [3.8, 4) is 0 Å². The second kappa shape index (κ2) is 6.51. The molecule has 2 heteroatoms. The van der Waals surface area contributed by atoms with Crippen LogP contribution in [0.4, 0.5) is 11.4 Å². The van der Waals surface area contributed by atoms with Crippen molar-refractivity contribution in [1.29, 1.82) is 0 Å². The molecule has 1 aliphatic carbocycles. The Kier molecular flexibility index (Phi) is 4.95. The number of hydrogen-bond acceptors (Lipinski definition) is 2. The van der Waals surface area contributed by atoms with Gasteiger partial charge in [-0.3, -0.25) is 0 Å². The first-order chi connectivity index (χ1) is 9.47. The molecule has 1 aromatic rings. The van der Waals surface area contributed by atoms with Crippen LogP contribution < -0.4 is 10.2 Å². The Morgan fingerprint density at radius 2 is 1.95 bits per heavy atom. The highest BCUT2D eigenvalue weighted by Gasteiger charge is 2.24. The average Bonchev–Trinajstić information content (AvgIpc) is 2.41. The van der Waals surface area contributed by atoms with Gasteiger partial charge < -0.3 is 10.2 Å². The van der Waals surface area contributed by atoms with Gasteiger partial charge in [0, 0.05) is 31.5 Å². The summed E-state index contributed by atoms with van der Waals surface area (Å²) in [6.45, 7) is 6.90. The van der Waals surface area contributed by atoms with Crippen LogP contribution in [0.5, 0.6) is 0 Å². The first kappa shape index (κ1) is 15.2. The lowest BCUT2D eigenvalue weighted by atomic mass is 9.79. The number of benzene rings is 1. The van der Waals surface area contributed by atoms with Gasteiger partial charge in [-0.05, 0) is 49.3 Å². The highest BCUT2D eigenvalue weighted by molar-refractivity contribution is 5.62. The summed E-state index contributed by atoms with van der Waals surface area (Å²) >= 11 is 0. The van der Waals surface area contributed by atoms with Crippen molar-refractivity contribution in [2.45, 2.75) is 52.5 Å². The normalized spacial score (nSPS) is 22.9. The predicted octanol–water partition coefficient (Wildman–Crippen LogP) is 4.69. The summed E-state index contributed by atoms with van der Waals surface area (Å²) in [5, 5.41) is 3.76. The maximum atomic E-state index is 3.76. The van der Waals surface area contributed by atoms with E-state index in [2.05, 4.69) is 63.3 Å². The minimum Gasteiger partial charge on any atom is -0.382 e. The van der Waals surface area contributed by atoms with Crippen molar-refractivity contribution >= 4 is 11.4 Å². The molecule has 2 unspecified atom stereocenters. The van der Waals surface area contributed by atoms with E-state index in [0.29, 0.717) is 6.04 Å². The molecule has 0 saturated heterocycles. The highest BCUT2D eigenvalue weighted by Crippen LogP contribution is 2.32. The molecule has 2 rings (SSSR count). The quantitative estimate of drug-likeness (QED) is 0.857. The molecule has 112 valence electrons. The Balaban J connectivity index is 2.04. The lowest BCUT2D eigenvalue weighted by Crippen LogP contribution is -2.29. The van der Waals surface area contributed by atoms with Crippen LogP contribution in [-0.2, 0) is 0 Å². The predicted molar refractivity (Wildman–Crippen MR) is 89.7 cm³/mol. The molecule has 0 heterocycles. The summed E-state index contributed by atoms with van der Waals surface area (Å²) in [6.07, 6.45) is 5.41. The standard InChI is InChI=1S/C18H30N2/c1-13(2)15-7-6-8-16(11-15)19-17-10-9-14(3)18(12-17)20(4)5/h9-10,12-13,15-16,19H,6-8,11H2,1-5H3. The van der Waals surface area contributed by atoms with E-state index in [-0.39, 0.29) is 0 Å². The molecular formula is C18H30N2. The van der Waals surface area contributed by atoms with Gasteiger partial charge in [-0.25, -0.2) is 0 Å². The van der Waals surface area contributed by atoms with Gasteiger partial charge in [0.15, 0.2) is 0 Å². The molecule has 1 saturated carbocycles. The highest BCUT2D eigenvalue weighted by atomic mass is 15.1. The molecule has 1 aromatic carbocycles. The average molecular weight is 274 g/mol. The number of hydrogen-bond donors (Lipinski definition) is 1. The van der Waals surface area contributed by atoms with Crippen LogP contribution in [0.2, 0.25) is 0 Å². The fraction of sp³-hybridized carbons (Fsp3) is 0.667. The van der Waals surface area contributed by atoms with Crippen LogP contribution in [0, 0.1) is 18.8 Å². The SMILES string of the molecule is Cc1ccc(NC2CCCC(C(C)C)C2)cc1N(C)C. The first-order valence-corrected chi connectivity index (χ1v) is 8.02. The molecular weight excluding hydrogens is 244 g/mol. The Morgan fingerprint density at radius 1 is 1.20 bits per heavy atom. The van der Waals surface area contributed by atoms with Gasteiger partial charge in [0.2, 0.25) is 0 Å². The first-order valence-electron chi connectivity index (χ1n) is 8.02. The molecule has 0 aliphatic heterocycles. The third-order valence-corrected chi connectivity index (χ3v) is 4.72. The summed E-state index contributed by atoms with van der Waals surface area (Å²) in [6, 6.07) is 7.38. The van der Waals surface area contributed by atoms with Gasteiger partial charge >= 0.3 is 0 Å². The zero-order valence-corrected chi connectivity index (χ0v) is 13.7. The van der Waals surface area contributed by atoms with Crippen LogP contribution >= 0.6 is 0 Å². The number of nitrogens with zero attached hydrogens (tertiary/aromatic N) is 1. The van der Waals surface area contributed by atoms with Crippen molar-refractivity contribution in [2.75, 3.05) is 24.3 Å². The van der Waals surface area contributed by atoms with Gasteiger partial charge in [-0.15, -0.1) is 0 Å². The molecule has 1 aliphatic rings. The summed E-state index contributed by atoms with van der Waals surface area (Å²) < 4.78 is 0. The topological polar surface area (TPSA) is 15.3 Å². The van der Waals surface area contributed by atoms with Crippen molar-refractivity contribution < 1.29 is 0 Å². The van der Waals surface area contributed by atoms with Crippen LogP contribution in [0.1, 0.15) is 45.1 Å². The summed E-state index contributed by atoms with van der Waals surface area (Å²) in [5.41, 5.74) is 3.92. The van der Waals surface area contributed by atoms with E-state index in [9.17, 15) is 0 Å². The van der Waals surface area contributed by atoms with E-state index >= 15 is 0 Å². The summed E-state index contributed by atoms with van der Waals surface area (Å²) in [7, 11) is 4.23. The minimum atomic E-state index is 0.647. The van der Waals surface area contributed by atoms with Gasteiger partial charge in [0.25, 0.3) is 0 Å². The van der Waals surface area contributed by atoms with Crippen molar-refractivity contribution in [2.24, 2.45) is 11.8 Å². The van der Waals surface area contributed by atoms with Gasteiger partial charge in [-0.2, -0.15) is 0 Å². The minimum absolute atomic E-state index is 0.647. The molecule has 20 heavy (non-hydrogen) atoms. The molecule has 1 N–H and O–H groups in total. The monoisotopic (exact) mass is 274 g/mol. The fourth-order valence-corrected chi connectivity index (χ4v) is 3.38. The smallest absolute Gasteiger partial charge is 0.0411 e. The van der Waals surface area contributed by atoms with E-state index < -0.39 is 0 Å². The van der Waals surface area contributed by atoms with Crippen molar-refractivity contribution in [3.63, 3.8) is 0 Å².